The van der Waals surface area contributed by atoms with Gasteiger partial charge in [0, 0.05) is 26.2 Å². The van der Waals surface area contributed by atoms with Crippen molar-refractivity contribution in [3.63, 3.8) is 0 Å². The third-order valence-electron chi connectivity index (χ3n) is 2.94. The highest BCUT2D eigenvalue weighted by Gasteiger charge is 2.18. The minimum atomic E-state index is -3.69. The Balaban J connectivity index is 2.42. The number of anilines is 1. The molecular formula is C11H17N3O3S. The summed E-state index contributed by atoms with van der Waals surface area (Å²) in [7, 11) is -2.12. The molecule has 0 bridgehead atoms. The van der Waals surface area contributed by atoms with Crippen LogP contribution in [0.4, 0.5) is 5.69 Å². The Hall–Kier alpha value is -1.31. The van der Waals surface area contributed by atoms with Crippen molar-refractivity contribution in [2.45, 2.75) is 4.90 Å². The summed E-state index contributed by atoms with van der Waals surface area (Å²) >= 11 is 0. The number of sulfonamides is 1. The molecule has 1 heterocycles. The number of primary sulfonamides is 1. The Morgan fingerprint density at radius 2 is 2.00 bits per heavy atom. The molecule has 0 spiro atoms. The second-order valence-corrected chi connectivity index (χ2v) is 5.68. The van der Waals surface area contributed by atoms with Gasteiger partial charge in [0.2, 0.25) is 10.0 Å². The number of hydrogen-bond donors (Lipinski definition) is 2. The zero-order chi connectivity index (χ0) is 13.2. The molecule has 0 aliphatic carbocycles. The lowest BCUT2D eigenvalue weighted by molar-refractivity contribution is 0.412. The summed E-state index contributed by atoms with van der Waals surface area (Å²) in [5.74, 6) is 0.657. The van der Waals surface area contributed by atoms with Gasteiger partial charge in [0.25, 0.3) is 0 Å². The van der Waals surface area contributed by atoms with Crippen LogP contribution in [0.2, 0.25) is 0 Å². The van der Waals surface area contributed by atoms with Crippen LogP contribution in [-0.2, 0) is 10.0 Å². The number of ether oxygens (including phenoxy) is 1. The summed E-state index contributed by atoms with van der Waals surface area (Å²) in [4.78, 5) is 2.20. The van der Waals surface area contributed by atoms with E-state index in [9.17, 15) is 8.42 Å². The zero-order valence-corrected chi connectivity index (χ0v) is 11.0. The highest BCUT2D eigenvalue weighted by molar-refractivity contribution is 7.89. The van der Waals surface area contributed by atoms with Crippen LogP contribution in [0.15, 0.2) is 23.1 Å². The van der Waals surface area contributed by atoms with E-state index in [1.165, 1.54) is 6.07 Å². The van der Waals surface area contributed by atoms with Gasteiger partial charge in [-0.2, -0.15) is 0 Å². The molecule has 100 valence electrons. The van der Waals surface area contributed by atoms with Crippen molar-refractivity contribution in [1.82, 2.24) is 5.32 Å². The first kappa shape index (κ1) is 13.1. The molecule has 1 saturated heterocycles. The first-order chi connectivity index (χ1) is 8.52. The summed E-state index contributed by atoms with van der Waals surface area (Å²) in [6.07, 6.45) is 0. The van der Waals surface area contributed by atoms with Gasteiger partial charge in [-0.3, -0.25) is 0 Å². The standard InChI is InChI=1S/C11H17N3O3S/c1-17-11-3-2-9(18(12,15)16)8-10(11)14-6-4-13-5-7-14/h2-3,8,13H,4-7H2,1H3,(H2,12,15,16). The van der Waals surface area contributed by atoms with Crippen molar-refractivity contribution in [2.24, 2.45) is 5.14 Å². The number of hydrogen-bond acceptors (Lipinski definition) is 5. The fourth-order valence-corrected chi connectivity index (χ4v) is 2.53. The molecule has 2 rings (SSSR count). The Kier molecular flexibility index (Phi) is 3.74. The Bertz CT molecular complexity index is 524. The molecule has 1 fully saturated rings. The van der Waals surface area contributed by atoms with Crippen molar-refractivity contribution < 1.29 is 13.2 Å². The molecule has 18 heavy (non-hydrogen) atoms. The average Bonchev–Trinajstić information content (AvgIpc) is 2.38. The summed E-state index contributed by atoms with van der Waals surface area (Å²) in [5.41, 5.74) is 0.769. The minimum absolute atomic E-state index is 0.108. The maximum Gasteiger partial charge on any atom is 0.238 e. The molecule has 0 atom stereocenters. The van der Waals surface area contributed by atoms with Gasteiger partial charge in [0.1, 0.15) is 5.75 Å². The van der Waals surface area contributed by atoms with Crippen molar-refractivity contribution in [2.75, 3.05) is 38.2 Å². The molecule has 1 aliphatic rings. The number of rotatable bonds is 3. The van der Waals surface area contributed by atoms with Gasteiger partial charge >= 0.3 is 0 Å². The van der Waals surface area contributed by atoms with E-state index in [4.69, 9.17) is 9.88 Å². The van der Waals surface area contributed by atoms with Gasteiger partial charge in [-0.25, -0.2) is 13.6 Å². The normalized spacial score (nSPS) is 16.7. The highest BCUT2D eigenvalue weighted by atomic mass is 32.2. The largest absolute Gasteiger partial charge is 0.495 e. The lowest BCUT2D eigenvalue weighted by Crippen LogP contribution is -2.43. The lowest BCUT2D eigenvalue weighted by Gasteiger charge is -2.30. The Morgan fingerprint density at radius 3 is 2.56 bits per heavy atom. The summed E-state index contributed by atoms with van der Waals surface area (Å²) in [5, 5.41) is 8.39. The SMILES string of the molecule is COc1ccc(S(N)(=O)=O)cc1N1CCNCC1. The lowest BCUT2D eigenvalue weighted by atomic mass is 10.2. The average molecular weight is 271 g/mol. The molecule has 0 saturated carbocycles. The van der Waals surface area contributed by atoms with E-state index in [2.05, 4.69) is 10.2 Å². The smallest absolute Gasteiger partial charge is 0.238 e. The van der Waals surface area contributed by atoms with E-state index >= 15 is 0 Å². The maximum atomic E-state index is 11.4. The molecule has 3 N–H and O–H groups in total. The molecule has 0 unspecified atom stereocenters. The van der Waals surface area contributed by atoms with E-state index < -0.39 is 10.0 Å². The summed E-state index contributed by atoms with van der Waals surface area (Å²) in [6, 6.07) is 4.66. The van der Waals surface area contributed by atoms with Crippen LogP contribution in [0, 0.1) is 0 Å². The monoisotopic (exact) mass is 271 g/mol. The fraction of sp³-hybridized carbons (Fsp3) is 0.455. The van der Waals surface area contributed by atoms with Crippen LogP contribution in [-0.4, -0.2) is 41.7 Å². The molecule has 6 nitrogen and oxygen atoms in total. The molecule has 0 amide bonds. The van der Waals surface area contributed by atoms with Crippen LogP contribution in [0.3, 0.4) is 0 Å². The molecule has 1 aromatic rings. The van der Waals surface area contributed by atoms with Gasteiger partial charge in [0.05, 0.1) is 17.7 Å². The van der Waals surface area contributed by atoms with E-state index in [0.29, 0.717) is 5.75 Å². The molecule has 0 radical (unpaired) electrons. The quantitative estimate of drug-likeness (QED) is 0.792. The van der Waals surface area contributed by atoms with Crippen molar-refractivity contribution in [3.05, 3.63) is 18.2 Å². The Morgan fingerprint density at radius 1 is 1.33 bits per heavy atom. The number of benzene rings is 1. The number of nitrogens with two attached hydrogens (primary N) is 1. The van der Waals surface area contributed by atoms with Crippen LogP contribution < -0.4 is 20.1 Å². The molecule has 0 aromatic heterocycles. The van der Waals surface area contributed by atoms with E-state index in [1.54, 1.807) is 19.2 Å². The maximum absolute atomic E-state index is 11.4. The van der Waals surface area contributed by atoms with E-state index in [-0.39, 0.29) is 4.90 Å². The topological polar surface area (TPSA) is 84.7 Å². The first-order valence-corrected chi connectivity index (χ1v) is 7.23. The predicted molar refractivity (Wildman–Crippen MR) is 69.4 cm³/mol. The van der Waals surface area contributed by atoms with Gasteiger partial charge in [-0.05, 0) is 18.2 Å². The second-order valence-electron chi connectivity index (χ2n) is 4.12. The van der Waals surface area contributed by atoms with Gasteiger partial charge in [-0.1, -0.05) is 0 Å². The zero-order valence-electron chi connectivity index (χ0n) is 10.2. The van der Waals surface area contributed by atoms with Gasteiger partial charge < -0.3 is 15.0 Å². The molecule has 1 aliphatic heterocycles. The predicted octanol–water partition coefficient (Wildman–Crippen LogP) is -0.248. The van der Waals surface area contributed by atoms with Crippen molar-refractivity contribution >= 4 is 15.7 Å². The number of methoxy groups -OCH3 is 1. The van der Waals surface area contributed by atoms with Crippen LogP contribution in [0.25, 0.3) is 0 Å². The van der Waals surface area contributed by atoms with Gasteiger partial charge in [0.15, 0.2) is 0 Å². The summed E-state index contributed by atoms with van der Waals surface area (Å²) in [6.45, 7) is 3.35. The summed E-state index contributed by atoms with van der Waals surface area (Å²) < 4.78 is 28.0. The van der Waals surface area contributed by atoms with Crippen molar-refractivity contribution in [3.8, 4) is 5.75 Å². The Labute approximate surface area is 107 Å². The van der Waals surface area contributed by atoms with Crippen LogP contribution in [0.1, 0.15) is 0 Å². The van der Waals surface area contributed by atoms with Crippen LogP contribution in [0.5, 0.6) is 5.75 Å². The number of piperazine rings is 1. The van der Waals surface area contributed by atoms with Gasteiger partial charge in [-0.15, -0.1) is 0 Å². The molecule has 1 aromatic carbocycles. The van der Waals surface area contributed by atoms with E-state index in [1.807, 2.05) is 0 Å². The molecular weight excluding hydrogens is 254 g/mol. The number of nitrogens with one attached hydrogen (secondary N) is 1. The highest BCUT2D eigenvalue weighted by Crippen LogP contribution is 2.30. The molecule has 7 heteroatoms. The first-order valence-electron chi connectivity index (χ1n) is 5.69. The second kappa shape index (κ2) is 5.13. The van der Waals surface area contributed by atoms with Crippen molar-refractivity contribution in [1.29, 1.82) is 0 Å². The third-order valence-corrected chi connectivity index (χ3v) is 3.85. The van der Waals surface area contributed by atoms with E-state index in [0.717, 1.165) is 31.9 Å². The third kappa shape index (κ3) is 2.74. The fourth-order valence-electron chi connectivity index (χ4n) is 2.00. The number of nitrogens with zero attached hydrogens (tertiary/aromatic N) is 1. The minimum Gasteiger partial charge on any atom is -0.495 e. The van der Waals surface area contributed by atoms with Crippen LogP contribution >= 0.6 is 0 Å².